The van der Waals surface area contributed by atoms with Crippen molar-refractivity contribution in [1.29, 1.82) is 0 Å². The smallest absolute Gasteiger partial charge is 0.146 e. The highest BCUT2D eigenvalue weighted by atomic mass is 79.9. The Morgan fingerprint density at radius 1 is 1.29 bits per heavy atom. The maximum atomic E-state index is 13.2. The number of nitrogens with two attached hydrogens (primary N) is 1. The predicted molar refractivity (Wildman–Crippen MR) is 61.8 cm³/mol. The number of nitrogen functional groups attached to an aromatic ring is 1. The quantitative estimate of drug-likeness (QED) is 0.783. The van der Waals surface area contributed by atoms with E-state index in [1.54, 1.807) is 17.4 Å². The lowest BCUT2D eigenvalue weighted by Crippen LogP contribution is -1.89. The second-order valence-electron chi connectivity index (χ2n) is 2.83. The Balaban J connectivity index is 2.53. The van der Waals surface area contributed by atoms with E-state index >= 15 is 0 Å². The van der Waals surface area contributed by atoms with Gasteiger partial charge in [0.2, 0.25) is 0 Å². The van der Waals surface area contributed by atoms with Gasteiger partial charge in [-0.25, -0.2) is 4.39 Å². The minimum absolute atomic E-state index is 0.182. The van der Waals surface area contributed by atoms with Gasteiger partial charge in [-0.05, 0) is 45.1 Å². The SMILES string of the molecule is Nc1ccc(-c2sccc2Br)cc1F. The highest BCUT2D eigenvalue weighted by molar-refractivity contribution is 9.10. The Bertz CT molecular complexity index is 467. The molecule has 0 atom stereocenters. The molecule has 0 aliphatic carbocycles. The van der Waals surface area contributed by atoms with Gasteiger partial charge in [0.25, 0.3) is 0 Å². The second-order valence-corrected chi connectivity index (χ2v) is 4.60. The van der Waals surface area contributed by atoms with E-state index in [9.17, 15) is 4.39 Å². The molecule has 0 bridgehead atoms. The molecule has 0 aliphatic rings. The van der Waals surface area contributed by atoms with Crippen LogP contribution in [-0.4, -0.2) is 0 Å². The molecule has 0 unspecified atom stereocenters. The summed E-state index contributed by atoms with van der Waals surface area (Å²) in [6.45, 7) is 0. The van der Waals surface area contributed by atoms with E-state index in [2.05, 4.69) is 15.9 Å². The zero-order chi connectivity index (χ0) is 10.1. The number of anilines is 1. The van der Waals surface area contributed by atoms with Crippen molar-refractivity contribution < 1.29 is 4.39 Å². The molecule has 0 amide bonds. The predicted octanol–water partition coefficient (Wildman–Crippen LogP) is 3.90. The topological polar surface area (TPSA) is 26.0 Å². The van der Waals surface area contributed by atoms with Crippen LogP contribution in [-0.2, 0) is 0 Å². The molecule has 0 saturated carbocycles. The zero-order valence-corrected chi connectivity index (χ0v) is 9.53. The fraction of sp³-hybridized carbons (Fsp3) is 0. The third-order valence-electron chi connectivity index (χ3n) is 1.88. The van der Waals surface area contributed by atoms with Crippen LogP contribution in [0.5, 0.6) is 0 Å². The van der Waals surface area contributed by atoms with Crippen LogP contribution >= 0.6 is 27.3 Å². The monoisotopic (exact) mass is 271 g/mol. The van der Waals surface area contributed by atoms with Gasteiger partial charge in [-0.3, -0.25) is 0 Å². The molecule has 0 saturated heterocycles. The number of hydrogen-bond donors (Lipinski definition) is 1. The molecule has 0 spiro atoms. The lowest BCUT2D eigenvalue weighted by molar-refractivity contribution is 0.633. The molecule has 0 aliphatic heterocycles. The highest BCUT2D eigenvalue weighted by Crippen LogP contribution is 2.34. The van der Waals surface area contributed by atoms with Gasteiger partial charge in [-0.2, -0.15) is 0 Å². The summed E-state index contributed by atoms with van der Waals surface area (Å²) in [6.07, 6.45) is 0. The molecule has 2 rings (SSSR count). The average molecular weight is 272 g/mol. The first-order chi connectivity index (χ1) is 6.68. The second kappa shape index (κ2) is 3.71. The number of benzene rings is 1. The van der Waals surface area contributed by atoms with Gasteiger partial charge in [-0.1, -0.05) is 6.07 Å². The van der Waals surface area contributed by atoms with Crippen molar-refractivity contribution in [3.63, 3.8) is 0 Å². The van der Waals surface area contributed by atoms with Gasteiger partial charge in [-0.15, -0.1) is 11.3 Å². The van der Waals surface area contributed by atoms with Crippen molar-refractivity contribution in [2.75, 3.05) is 5.73 Å². The summed E-state index contributed by atoms with van der Waals surface area (Å²) in [5.74, 6) is -0.372. The normalized spacial score (nSPS) is 10.4. The molecule has 4 heteroatoms. The summed E-state index contributed by atoms with van der Waals surface area (Å²) in [5, 5.41) is 1.95. The van der Waals surface area contributed by atoms with Gasteiger partial charge in [0.1, 0.15) is 5.82 Å². The molecular formula is C10H7BrFNS. The van der Waals surface area contributed by atoms with Gasteiger partial charge in [0, 0.05) is 9.35 Å². The van der Waals surface area contributed by atoms with Gasteiger partial charge in [0.15, 0.2) is 0 Å². The number of rotatable bonds is 1. The van der Waals surface area contributed by atoms with Gasteiger partial charge in [0.05, 0.1) is 5.69 Å². The first kappa shape index (κ1) is 9.68. The number of thiophene rings is 1. The summed E-state index contributed by atoms with van der Waals surface area (Å²) in [7, 11) is 0. The van der Waals surface area contributed by atoms with E-state index in [4.69, 9.17) is 5.73 Å². The first-order valence-electron chi connectivity index (χ1n) is 3.97. The number of hydrogen-bond acceptors (Lipinski definition) is 2. The molecule has 0 fully saturated rings. The Hall–Kier alpha value is -0.870. The van der Waals surface area contributed by atoms with E-state index in [1.165, 1.54) is 6.07 Å². The van der Waals surface area contributed by atoms with E-state index in [0.717, 1.165) is 14.9 Å². The Morgan fingerprint density at radius 2 is 2.07 bits per heavy atom. The van der Waals surface area contributed by atoms with Gasteiger partial charge < -0.3 is 5.73 Å². The van der Waals surface area contributed by atoms with Crippen LogP contribution in [0.1, 0.15) is 0 Å². The standard InChI is InChI=1S/C10H7BrFNS/c11-7-3-4-14-10(7)6-1-2-9(13)8(12)5-6/h1-5H,13H2. The third-order valence-corrected chi connectivity index (χ3v) is 3.77. The van der Waals surface area contributed by atoms with Crippen molar-refractivity contribution in [3.05, 3.63) is 39.9 Å². The molecule has 1 nitrogen and oxygen atoms in total. The zero-order valence-electron chi connectivity index (χ0n) is 7.13. The fourth-order valence-electron chi connectivity index (χ4n) is 1.17. The summed E-state index contributed by atoms with van der Waals surface area (Å²) >= 11 is 4.97. The van der Waals surface area contributed by atoms with E-state index in [-0.39, 0.29) is 11.5 Å². The van der Waals surface area contributed by atoms with Gasteiger partial charge >= 0.3 is 0 Å². The first-order valence-corrected chi connectivity index (χ1v) is 5.64. The van der Waals surface area contributed by atoms with Crippen LogP contribution in [0.15, 0.2) is 34.1 Å². The van der Waals surface area contributed by atoms with Crippen LogP contribution in [0.25, 0.3) is 10.4 Å². The Morgan fingerprint density at radius 3 is 2.64 bits per heavy atom. The molecule has 1 aromatic heterocycles. The van der Waals surface area contributed by atoms with Crippen LogP contribution in [0.2, 0.25) is 0 Å². The van der Waals surface area contributed by atoms with Crippen LogP contribution in [0, 0.1) is 5.82 Å². The van der Waals surface area contributed by atoms with Crippen molar-refractivity contribution in [1.82, 2.24) is 0 Å². The van der Waals surface area contributed by atoms with Crippen molar-refractivity contribution >= 4 is 33.0 Å². The lowest BCUT2D eigenvalue weighted by atomic mass is 10.1. The minimum Gasteiger partial charge on any atom is -0.396 e. The molecule has 1 heterocycles. The fourth-order valence-corrected chi connectivity index (χ4v) is 2.77. The average Bonchev–Trinajstić information content (AvgIpc) is 2.57. The van der Waals surface area contributed by atoms with Crippen molar-refractivity contribution in [2.24, 2.45) is 0 Å². The number of halogens is 2. The largest absolute Gasteiger partial charge is 0.396 e. The van der Waals surface area contributed by atoms with Crippen LogP contribution in [0.4, 0.5) is 10.1 Å². The third kappa shape index (κ3) is 1.67. The molecular weight excluding hydrogens is 265 g/mol. The highest BCUT2D eigenvalue weighted by Gasteiger charge is 2.06. The van der Waals surface area contributed by atoms with E-state index in [1.807, 2.05) is 17.5 Å². The summed E-state index contributed by atoms with van der Waals surface area (Å²) < 4.78 is 14.1. The maximum Gasteiger partial charge on any atom is 0.146 e. The summed E-state index contributed by atoms with van der Waals surface area (Å²) in [6, 6.07) is 6.78. The summed E-state index contributed by atoms with van der Waals surface area (Å²) in [4.78, 5) is 1.02. The molecule has 14 heavy (non-hydrogen) atoms. The van der Waals surface area contributed by atoms with Crippen LogP contribution < -0.4 is 5.73 Å². The molecule has 0 radical (unpaired) electrons. The van der Waals surface area contributed by atoms with E-state index in [0.29, 0.717) is 0 Å². The maximum absolute atomic E-state index is 13.2. The Labute approximate surface area is 93.5 Å². The van der Waals surface area contributed by atoms with Crippen molar-refractivity contribution in [3.8, 4) is 10.4 Å². The van der Waals surface area contributed by atoms with Crippen molar-refractivity contribution in [2.45, 2.75) is 0 Å². The lowest BCUT2D eigenvalue weighted by Gasteiger charge is -2.01. The van der Waals surface area contributed by atoms with Crippen LogP contribution in [0.3, 0.4) is 0 Å². The molecule has 1 aromatic carbocycles. The molecule has 72 valence electrons. The molecule has 2 N–H and O–H groups in total. The Kier molecular flexibility index (Phi) is 2.56. The molecule has 2 aromatic rings. The summed E-state index contributed by atoms with van der Waals surface area (Å²) in [5.41, 5.74) is 6.42. The minimum atomic E-state index is -0.372. The van der Waals surface area contributed by atoms with E-state index < -0.39 is 0 Å².